The third-order valence-corrected chi connectivity index (χ3v) is 10.0. The average molecular weight is 565 g/mol. The first-order chi connectivity index (χ1) is 17.9. The van der Waals surface area contributed by atoms with Gasteiger partial charge in [-0.2, -0.15) is 5.10 Å². The van der Waals surface area contributed by atoms with E-state index in [1.165, 1.54) is 4.90 Å². The van der Waals surface area contributed by atoms with Crippen LogP contribution in [0.25, 0.3) is 0 Å². The summed E-state index contributed by atoms with van der Waals surface area (Å²) in [5.41, 5.74) is -0.226. The summed E-state index contributed by atoms with van der Waals surface area (Å²) in [6.07, 6.45) is 6.51. The van der Waals surface area contributed by atoms with Gasteiger partial charge in [-0.05, 0) is 82.8 Å². The number of nitrogens with zero attached hydrogens (tertiary/aromatic N) is 3. The van der Waals surface area contributed by atoms with E-state index in [2.05, 4.69) is 5.10 Å². The molecule has 6 nitrogen and oxygen atoms in total. The third-order valence-electron chi connectivity index (χ3n) is 9.36. The van der Waals surface area contributed by atoms with Crippen LogP contribution in [0.15, 0.2) is 24.4 Å². The number of hydrogen-bond donors (Lipinski definition) is 1. The van der Waals surface area contributed by atoms with Crippen molar-refractivity contribution in [1.82, 2.24) is 14.7 Å². The Hall–Kier alpha value is -1.96. The summed E-state index contributed by atoms with van der Waals surface area (Å²) >= 11 is 12.6. The van der Waals surface area contributed by atoms with Gasteiger partial charge in [-0.3, -0.25) is 14.3 Å². The number of aromatic nitrogens is 2. The van der Waals surface area contributed by atoms with Crippen molar-refractivity contribution in [2.75, 3.05) is 13.1 Å². The number of aliphatic hydroxyl groups is 1. The van der Waals surface area contributed by atoms with Gasteiger partial charge in [-0.15, -0.1) is 0 Å². The van der Waals surface area contributed by atoms with Crippen molar-refractivity contribution in [1.29, 1.82) is 0 Å². The van der Waals surface area contributed by atoms with Crippen molar-refractivity contribution in [3.05, 3.63) is 51.3 Å². The van der Waals surface area contributed by atoms with Crippen LogP contribution in [0.1, 0.15) is 99.0 Å². The van der Waals surface area contributed by atoms with Crippen molar-refractivity contribution < 1.29 is 19.1 Å². The van der Waals surface area contributed by atoms with E-state index in [9.17, 15) is 14.7 Å². The highest BCUT2D eigenvalue weighted by Crippen LogP contribution is 2.66. The van der Waals surface area contributed by atoms with Gasteiger partial charge < -0.3 is 10.0 Å². The molecule has 9 heteroatoms. The molecule has 1 unspecified atom stereocenters. The Morgan fingerprint density at radius 1 is 1.18 bits per heavy atom. The van der Waals surface area contributed by atoms with Crippen molar-refractivity contribution in [3.8, 4) is 0 Å². The smallest absolute Gasteiger partial charge is 0.257 e. The van der Waals surface area contributed by atoms with Crippen LogP contribution in [0.2, 0.25) is 10.0 Å². The van der Waals surface area contributed by atoms with Gasteiger partial charge in [0.1, 0.15) is 11.5 Å². The fourth-order valence-corrected chi connectivity index (χ4v) is 7.28. The first-order valence-corrected chi connectivity index (χ1v) is 14.3. The molecule has 206 valence electrons. The summed E-state index contributed by atoms with van der Waals surface area (Å²) in [6.45, 7) is 5.29. The van der Waals surface area contributed by atoms with Gasteiger partial charge in [0.15, 0.2) is 0 Å². The maximum atomic E-state index is 15.7. The first kappa shape index (κ1) is 27.6. The molecule has 0 saturated heterocycles. The van der Waals surface area contributed by atoms with Crippen molar-refractivity contribution in [2.45, 2.75) is 90.0 Å². The highest BCUT2D eigenvalue weighted by molar-refractivity contribution is 6.36. The molecule has 0 aliphatic heterocycles. The predicted molar refractivity (Wildman–Crippen MR) is 145 cm³/mol. The molecule has 3 saturated carbocycles. The molecule has 3 fully saturated rings. The second-order valence-corrected chi connectivity index (χ2v) is 13.1. The minimum atomic E-state index is -1.47. The quantitative estimate of drug-likeness (QED) is 0.389. The normalized spacial score (nSPS) is 26.0. The van der Waals surface area contributed by atoms with Gasteiger partial charge in [0.2, 0.25) is 0 Å². The fraction of sp³-hybridized carbons (Fsp3) is 0.621. The molecule has 1 amide bonds. The zero-order valence-corrected chi connectivity index (χ0v) is 23.8. The van der Waals surface area contributed by atoms with E-state index in [-0.39, 0.29) is 41.7 Å². The van der Waals surface area contributed by atoms with E-state index in [1.807, 2.05) is 18.5 Å². The topological polar surface area (TPSA) is 75.4 Å². The number of aliphatic hydroxyl groups excluding tert-OH is 1. The van der Waals surface area contributed by atoms with Crippen LogP contribution in [0.3, 0.4) is 0 Å². The second-order valence-electron chi connectivity index (χ2n) is 12.3. The van der Waals surface area contributed by atoms with Crippen LogP contribution >= 0.6 is 23.2 Å². The van der Waals surface area contributed by atoms with Crippen molar-refractivity contribution >= 4 is 34.9 Å². The molecule has 1 heterocycles. The number of carbonyl (C=O) groups is 2. The summed E-state index contributed by atoms with van der Waals surface area (Å²) in [5.74, 6) is -0.157. The number of amides is 1. The molecule has 1 N–H and O–H groups in total. The van der Waals surface area contributed by atoms with Crippen LogP contribution in [-0.4, -0.2) is 50.2 Å². The lowest BCUT2D eigenvalue weighted by atomic mass is 9.69. The molecule has 0 bridgehead atoms. The Balaban J connectivity index is 1.37. The monoisotopic (exact) mass is 563 g/mol. The minimum absolute atomic E-state index is 0.0961. The van der Waals surface area contributed by atoms with E-state index in [1.54, 1.807) is 31.3 Å². The molecule has 5 rings (SSSR count). The Kier molecular flexibility index (Phi) is 7.19. The van der Waals surface area contributed by atoms with Crippen LogP contribution in [0.5, 0.6) is 0 Å². The highest BCUT2D eigenvalue weighted by atomic mass is 35.5. The molecule has 3 aliphatic carbocycles. The number of benzene rings is 1. The van der Waals surface area contributed by atoms with Gasteiger partial charge >= 0.3 is 0 Å². The molecule has 1 aromatic heterocycles. The molecule has 1 aromatic carbocycles. The van der Waals surface area contributed by atoms with E-state index in [0.717, 1.165) is 38.5 Å². The van der Waals surface area contributed by atoms with E-state index in [0.29, 0.717) is 39.7 Å². The maximum absolute atomic E-state index is 15.7. The number of ketones is 1. The summed E-state index contributed by atoms with van der Waals surface area (Å²) < 4.78 is 17.6. The van der Waals surface area contributed by atoms with E-state index in [4.69, 9.17) is 23.2 Å². The molecule has 2 aromatic rings. The van der Waals surface area contributed by atoms with Gasteiger partial charge in [-0.1, -0.05) is 36.2 Å². The molecule has 3 aliphatic rings. The van der Waals surface area contributed by atoms with Crippen LogP contribution in [0, 0.1) is 17.8 Å². The number of Topliss-reactive ketones (excluding diaryl/α,β-unsaturated/α-hetero) is 1. The van der Waals surface area contributed by atoms with Crippen molar-refractivity contribution in [2.24, 2.45) is 10.8 Å². The van der Waals surface area contributed by atoms with Crippen LogP contribution in [0.4, 0.5) is 4.39 Å². The van der Waals surface area contributed by atoms with Crippen molar-refractivity contribution in [3.63, 3.8) is 0 Å². The Morgan fingerprint density at radius 3 is 2.34 bits per heavy atom. The highest BCUT2D eigenvalue weighted by Gasteiger charge is 2.62. The van der Waals surface area contributed by atoms with Gasteiger partial charge in [0.25, 0.3) is 5.91 Å². The molecule has 1 atom stereocenters. The Morgan fingerprint density at radius 2 is 1.79 bits per heavy atom. The number of halogens is 3. The number of alkyl halides is 1. The zero-order valence-electron chi connectivity index (χ0n) is 22.3. The van der Waals surface area contributed by atoms with Crippen LogP contribution < -0.4 is 0 Å². The van der Waals surface area contributed by atoms with Gasteiger partial charge in [0, 0.05) is 26.7 Å². The van der Waals surface area contributed by atoms with E-state index < -0.39 is 11.8 Å². The SMILES string of the molecule is Cc1c(C(=O)N(CC(O)c2c(Cl)cccc2Cl)CC2(F)CC3(CC3)C2)cnn1[C@H]1CC[C@](C)(C(C)=O)CC1. The number of carbonyl (C=O) groups excluding carboxylic acids is 2. The lowest BCUT2D eigenvalue weighted by Crippen LogP contribution is -2.52. The zero-order chi connectivity index (χ0) is 27.5. The Bertz CT molecular complexity index is 1220. The second kappa shape index (κ2) is 9.90. The largest absolute Gasteiger partial charge is 0.386 e. The molecule has 1 spiro atoms. The molecular formula is C29H36Cl2FN3O3. The minimum Gasteiger partial charge on any atom is -0.386 e. The maximum Gasteiger partial charge on any atom is 0.257 e. The third kappa shape index (κ3) is 5.14. The molecular weight excluding hydrogens is 528 g/mol. The lowest BCUT2D eigenvalue weighted by Gasteiger charge is -2.45. The molecule has 38 heavy (non-hydrogen) atoms. The fourth-order valence-electron chi connectivity index (χ4n) is 6.63. The van der Waals surface area contributed by atoms with Crippen LogP contribution in [-0.2, 0) is 4.79 Å². The Labute approximate surface area is 233 Å². The number of rotatable bonds is 8. The predicted octanol–water partition coefficient (Wildman–Crippen LogP) is 6.67. The summed E-state index contributed by atoms with van der Waals surface area (Å²) in [7, 11) is 0. The number of hydrogen-bond acceptors (Lipinski definition) is 4. The van der Waals surface area contributed by atoms with E-state index >= 15 is 4.39 Å². The lowest BCUT2D eigenvalue weighted by molar-refractivity contribution is -0.127. The molecule has 0 radical (unpaired) electrons. The average Bonchev–Trinajstić information content (AvgIpc) is 3.51. The summed E-state index contributed by atoms with van der Waals surface area (Å²) in [6, 6.07) is 5.05. The standard InChI is InChI=1S/C29H36Cl2FN3O3/c1-18-21(13-33-35(18)20-7-9-27(3,10-8-20)19(2)36)26(38)34(17-29(32)15-28(16-29)11-12-28)14-24(37)25-22(30)5-4-6-23(25)31/h4-6,13,20,24,37H,7-12,14-17H2,1-3H3/t20-,24?,27-. The van der Waals surface area contributed by atoms with Gasteiger partial charge in [-0.25, -0.2) is 4.39 Å². The van der Waals surface area contributed by atoms with Gasteiger partial charge in [0.05, 0.1) is 37.0 Å². The summed E-state index contributed by atoms with van der Waals surface area (Å²) in [5, 5.41) is 16.2. The summed E-state index contributed by atoms with van der Waals surface area (Å²) in [4.78, 5) is 27.4. The first-order valence-electron chi connectivity index (χ1n) is 13.5.